The lowest BCUT2D eigenvalue weighted by Crippen LogP contribution is -2.44. The van der Waals surface area contributed by atoms with Gasteiger partial charge in [0.15, 0.2) is 0 Å². The van der Waals surface area contributed by atoms with Crippen LogP contribution in [0, 0.1) is 0 Å². The Bertz CT molecular complexity index is 340. The quantitative estimate of drug-likeness (QED) is 0.861. The first-order valence-corrected chi connectivity index (χ1v) is 7.77. The number of carbonyl (C=O) groups excluding carboxylic acids is 1. The number of hydrogen-bond acceptors (Lipinski definition) is 4. The van der Waals surface area contributed by atoms with Crippen LogP contribution in [-0.2, 0) is 9.53 Å². The highest BCUT2D eigenvalue weighted by Crippen LogP contribution is 2.29. The Hall–Kier alpha value is -0.910. The predicted octanol–water partition coefficient (Wildman–Crippen LogP) is 2.59. The first-order valence-electron chi connectivity index (χ1n) is 6.49. The molecule has 1 saturated heterocycles. The molecule has 6 heteroatoms. The van der Waals surface area contributed by atoms with E-state index in [1.54, 1.807) is 4.90 Å². The van der Waals surface area contributed by atoms with Crippen LogP contribution in [0.25, 0.3) is 0 Å². The number of carboxylic acids is 1. The van der Waals surface area contributed by atoms with Gasteiger partial charge in [-0.25, -0.2) is 4.79 Å². The maximum atomic E-state index is 12.1. The summed E-state index contributed by atoms with van der Waals surface area (Å²) in [5.74, 6) is -0.824. The van der Waals surface area contributed by atoms with Crippen LogP contribution >= 0.6 is 11.8 Å². The zero-order chi connectivity index (χ0) is 14.6. The van der Waals surface area contributed by atoms with E-state index in [0.717, 1.165) is 12.8 Å². The van der Waals surface area contributed by atoms with Gasteiger partial charge in [-0.05, 0) is 39.9 Å². The summed E-state index contributed by atoms with van der Waals surface area (Å²) in [5.41, 5.74) is -0.522. The van der Waals surface area contributed by atoms with Crippen molar-refractivity contribution in [3.63, 3.8) is 0 Å². The van der Waals surface area contributed by atoms with Gasteiger partial charge in [-0.2, -0.15) is 11.8 Å². The standard InChI is InChI=1S/C13H23NO4S/c1-13(2,3)18-12(17)14-7-5-6-9(14)10(19-4)8-11(15)16/h9-10H,5-8H2,1-4H3,(H,15,16). The molecule has 0 spiro atoms. The molecule has 0 aromatic rings. The molecule has 0 saturated carbocycles. The minimum absolute atomic E-state index is 0.0408. The summed E-state index contributed by atoms with van der Waals surface area (Å²) in [6.07, 6.45) is 3.38. The number of carboxylic acid groups (broad SMARTS) is 1. The lowest BCUT2D eigenvalue weighted by atomic mass is 10.1. The van der Waals surface area contributed by atoms with E-state index in [0.29, 0.717) is 6.54 Å². The average Bonchev–Trinajstić information content (AvgIpc) is 2.71. The Morgan fingerprint density at radius 2 is 2.11 bits per heavy atom. The molecule has 0 aromatic carbocycles. The van der Waals surface area contributed by atoms with Crippen molar-refractivity contribution >= 4 is 23.8 Å². The van der Waals surface area contributed by atoms with Crippen LogP contribution in [0.1, 0.15) is 40.0 Å². The highest BCUT2D eigenvalue weighted by atomic mass is 32.2. The number of hydrogen-bond donors (Lipinski definition) is 1. The third-order valence-corrected chi connectivity index (χ3v) is 4.12. The molecule has 19 heavy (non-hydrogen) atoms. The lowest BCUT2D eigenvalue weighted by Gasteiger charge is -2.32. The van der Waals surface area contributed by atoms with Crippen LogP contribution in [0.4, 0.5) is 4.79 Å². The van der Waals surface area contributed by atoms with Crippen LogP contribution in [0.15, 0.2) is 0 Å². The van der Waals surface area contributed by atoms with E-state index in [4.69, 9.17) is 9.84 Å². The van der Waals surface area contributed by atoms with Gasteiger partial charge in [0.05, 0.1) is 6.42 Å². The summed E-state index contributed by atoms with van der Waals surface area (Å²) in [6.45, 7) is 6.15. The maximum Gasteiger partial charge on any atom is 0.410 e. The highest BCUT2D eigenvalue weighted by molar-refractivity contribution is 7.99. The molecule has 1 aliphatic heterocycles. The van der Waals surface area contributed by atoms with Gasteiger partial charge < -0.3 is 14.7 Å². The zero-order valence-corrected chi connectivity index (χ0v) is 12.8. The Kier molecular flexibility index (Phi) is 5.52. The second-order valence-electron chi connectivity index (χ2n) is 5.76. The van der Waals surface area contributed by atoms with E-state index in [1.165, 1.54) is 11.8 Å². The molecule has 2 unspecified atom stereocenters. The van der Waals surface area contributed by atoms with Crippen molar-refractivity contribution in [2.75, 3.05) is 12.8 Å². The third-order valence-electron chi connectivity index (χ3n) is 3.03. The average molecular weight is 289 g/mol. The molecule has 110 valence electrons. The smallest absolute Gasteiger partial charge is 0.410 e. The van der Waals surface area contributed by atoms with E-state index < -0.39 is 11.6 Å². The number of amides is 1. The number of carbonyl (C=O) groups is 2. The number of rotatable bonds is 4. The predicted molar refractivity (Wildman–Crippen MR) is 75.5 cm³/mol. The largest absolute Gasteiger partial charge is 0.481 e. The number of thioether (sulfide) groups is 1. The first kappa shape index (κ1) is 16.1. The summed E-state index contributed by atoms with van der Waals surface area (Å²) in [7, 11) is 0. The second-order valence-corrected chi connectivity index (χ2v) is 6.83. The topological polar surface area (TPSA) is 66.8 Å². The summed E-state index contributed by atoms with van der Waals surface area (Å²) in [4.78, 5) is 24.7. The summed E-state index contributed by atoms with van der Waals surface area (Å²) in [6, 6.07) is -0.0408. The van der Waals surface area contributed by atoms with E-state index in [-0.39, 0.29) is 23.8 Å². The number of nitrogens with zero attached hydrogens (tertiary/aromatic N) is 1. The van der Waals surface area contributed by atoms with Crippen LogP contribution < -0.4 is 0 Å². The molecule has 2 atom stereocenters. The Labute approximate surface area is 118 Å². The van der Waals surface area contributed by atoms with Crippen molar-refractivity contribution in [2.45, 2.75) is 56.9 Å². The minimum Gasteiger partial charge on any atom is -0.481 e. The fourth-order valence-corrected chi connectivity index (χ4v) is 3.18. The van der Waals surface area contributed by atoms with Crippen molar-refractivity contribution in [1.82, 2.24) is 4.90 Å². The Morgan fingerprint density at radius 1 is 1.47 bits per heavy atom. The van der Waals surface area contributed by atoms with Crippen molar-refractivity contribution in [2.24, 2.45) is 0 Å². The molecule has 0 aromatic heterocycles. The number of ether oxygens (including phenoxy) is 1. The molecule has 5 nitrogen and oxygen atoms in total. The first-order chi connectivity index (χ1) is 8.74. The third kappa shape index (κ3) is 4.93. The molecule has 0 bridgehead atoms. The normalized spacial score (nSPS) is 21.3. The van der Waals surface area contributed by atoms with Gasteiger partial charge in [0.2, 0.25) is 0 Å². The SMILES string of the molecule is CSC(CC(=O)O)C1CCCN1C(=O)OC(C)(C)C. The fourth-order valence-electron chi connectivity index (χ4n) is 2.27. The molecule has 1 rings (SSSR count). The van der Waals surface area contributed by atoms with Crippen molar-refractivity contribution in [1.29, 1.82) is 0 Å². The van der Waals surface area contributed by atoms with Gasteiger partial charge in [0.25, 0.3) is 0 Å². The number of aliphatic carboxylic acids is 1. The summed E-state index contributed by atoms with van der Waals surface area (Å²) >= 11 is 1.50. The van der Waals surface area contributed by atoms with Crippen LogP contribution in [0.3, 0.4) is 0 Å². The van der Waals surface area contributed by atoms with Crippen molar-refractivity contribution in [3.05, 3.63) is 0 Å². The molecule has 0 aliphatic carbocycles. The van der Waals surface area contributed by atoms with Gasteiger partial charge in [-0.1, -0.05) is 0 Å². The monoisotopic (exact) mass is 289 g/mol. The Balaban J connectivity index is 2.72. The fraction of sp³-hybridized carbons (Fsp3) is 0.846. The highest BCUT2D eigenvalue weighted by Gasteiger charge is 2.37. The molecule has 1 heterocycles. The van der Waals surface area contributed by atoms with E-state index in [2.05, 4.69) is 0 Å². The van der Waals surface area contributed by atoms with Gasteiger partial charge in [-0.15, -0.1) is 0 Å². The summed E-state index contributed by atoms with van der Waals surface area (Å²) in [5, 5.41) is 8.86. The van der Waals surface area contributed by atoms with Gasteiger partial charge in [0.1, 0.15) is 5.60 Å². The Morgan fingerprint density at radius 3 is 2.58 bits per heavy atom. The second kappa shape index (κ2) is 6.50. The summed E-state index contributed by atoms with van der Waals surface area (Å²) < 4.78 is 5.38. The van der Waals surface area contributed by atoms with Gasteiger partial charge >= 0.3 is 12.1 Å². The van der Waals surface area contributed by atoms with Crippen molar-refractivity contribution < 1.29 is 19.4 Å². The van der Waals surface area contributed by atoms with Crippen LogP contribution in [0.2, 0.25) is 0 Å². The molecule has 1 fully saturated rings. The van der Waals surface area contributed by atoms with Crippen molar-refractivity contribution in [3.8, 4) is 0 Å². The van der Waals surface area contributed by atoms with Gasteiger partial charge in [-0.3, -0.25) is 4.79 Å². The maximum absolute atomic E-state index is 12.1. The van der Waals surface area contributed by atoms with E-state index in [1.807, 2.05) is 27.0 Å². The zero-order valence-electron chi connectivity index (χ0n) is 12.0. The van der Waals surface area contributed by atoms with Crippen LogP contribution in [-0.4, -0.2) is 51.8 Å². The molecule has 1 amide bonds. The molecule has 1 N–H and O–H groups in total. The molecular formula is C13H23NO4S. The molecule has 0 radical (unpaired) electrons. The molecule has 1 aliphatic rings. The lowest BCUT2D eigenvalue weighted by molar-refractivity contribution is -0.137. The van der Waals surface area contributed by atoms with E-state index in [9.17, 15) is 9.59 Å². The minimum atomic E-state index is -0.824. The van der Waals surface area contributed by atoms with Gasteiger partial charge in [0, 0.05) is 17.8 Å². The number of likely N-dealkylation sites (tertiary alicyclic amines) is 1. The van der Waals surface area contributed by atoms with Crippen LogP contribution in [0.5, 0.6) is 0 Å². The molecular weight excluding hydrogens is 266 g/mol. The van der Waals surface area contributed by atoms with E-state index >= 15 is 0 Å².